The van der Waals surface area contributed by atoms with Crippen LogP contribution in [0.4, 0.5) is 5.69 Å². The predicted molar refractivity (Wildman–Crippen MR) is 77.6 cm³/mol. The highest BCUT2D eigenvalue weighted by atomic mass is 16.1. The Hall–Kier alpha value is -2.29. The molecule has 1 fully saturated rings. The number of aromatic nitrogens is 1. The van der Waals surface area contributed by atoms with Crippen LogP contribution in [-0.2, 0) is 5.41 Å². The van der Waals surface area contributed by atoms with Crippen molar-refractivity contribution in [1.82, 2.24) is 4.98 Å². The zero-order valence-corrected chi connectivity index (χ0v) is 11.0. The van der Waals surface area contributed by atoms with Crippen LogP contribution in [-0.4, -0.2) is 17.0 Å². The number of Topliss-reactive ketones (excluding diaryl/α,β-unsaturated/α-hetero) is 1. The summed E-state index contributed by atoms with van der Waals surface area (Å²) in [5.41, 5.74) is 2.76. The van der Waals surface area contributed by atoms with Gasteiger partial charge in [0, 0.05) is 30.2 Å². The summed E-state index contributed by atoms with van der Waals surface area (Å²) in [4.78, 5) is 21.1. The molecule has 1 aromatic heterocycles. The van der Waals surface area contributed by atoms with Gasteiger partial charge >= 0.3 is 0 Å². The van der Waals surface area contributed by atoms with Gasteiger partial charge in [-0.05, 0) is 30.2 Å². The van der Waals surface area contributed by atoms with E-state index < -0.39 is 0 Å². The van der Waals surface area contributed by atoms with Crippen molar-refractivity contribution >= 4 is 17.7 Å². The molecule has 20 heavy (non-hydrogen) atoms. The molecule has 0 radical (unpaired) electrons. The molecule has 3 heteroatoms. The predicted octanol–water partition coefficient (Wildman–Crippen LogP) is 3.33. The molecule has 1 aromatic carbocycles. The first kappa shape index (κ1) is 11.5. The Morgan fingerprint density at radius 1 is 1.20 bits per heavy atom. The molecule has 0 spiro atoms. The number of hydrogen-bond donors (Lipinski definition) is 0. The third-order valence-corrected chi connectivity index (χ3v) is 4.39. The molecule has 98 valence electrons. The van der Waals surface area contributed by atoms with E-state index in [-0.39, 0.29) is 11.2 Å². The van der Waals surface area contributed by atoms with E-state index in [1.807, 2.05) is 36.5 Å². The van der Waals surface area contributed by atoms with Crippen molar-refractivity contribution in [3.63, 3.8) is 0 Å². The van der Waals surface area contributed by atoms with E-state index in [9.17, 15) is 4.79 Å². The minimum atomic E-state index is -0.0348. The third-order valence-electron chi connectivity index (χ3n) is 4.39. The number of aliphatic imine (C=N–C) groups is 1. The van der Waals surface area contributed by atoms with Gasteiger partial charge < -0.3 is 0 Å². The van der Waals surface area contributed by atoms with Gasteiger partial charge in [0.2, 0.25) is 0 Å². The molecule has 0 N–H and O–H groups in total. The van der Waals surface area contributed by atoms with Gasteiger partial charge in [-0.15, -0.1) is 0 Å². The minimum Gasteiger partial charge on any atom is -0.292 e. The minimum absolute atomic E-state index is 0.0348. The van der Waals surface area contributed by atoms with Gasteiger partial charge in [0.25, 0.3) is 0 Å². The standard InChI is InChI=1S/C17H14N2O/c20-16(15-7-3-4-8-18-15)10-17-9-12(17)11-19-14-6-2-1-5-13(14)17/h1-8,11-12H,9-10H2. The molecule has 4 rings (SSSR count). The first-order chi connectivity index (χ1) is 9.79. The number of para-hydroxylation sites is 1. The van der Waals surface area contributed by atoms with Gasteiger partial charge in [0.05, 0.1) is 5.69 Å². The summed E-state index contributed by atoms with van der Waals surface area (Å²) < 4.78 is 0. The number of benzene rings is 1. The molecule has 2 unspecified atom stereocenters. The number of nitrogens with zero attached hydrogens (tertiary/aromatic N) is 2. The van der Waals surface area contributed by atoms with E-state index in [4.69, 9.17) is 0 Å². The number of carbonyl (C=O) groups excluding carboxylic acids is 1. The Balaban J connectivity index is 1.68. The van der Waals surface area contributed by atoms with Crippen LogP contribution >= 0.6 is 0 Å². The van der Waals surface area contributed by atoms with Crippen molar-refractivity contribution < 1.29 is 4.79 Å². The fraction of sp³-hybridized carbons (Fsp3) is 0.235. The third kappa shape index (κ3) is 1.63. The highest BCUT2D eigenvalue weighted by Gasteiger charge is 2.57. The van der Waals surface area contributed by atoms with Crippen LogP contribution in [0.5, 0.6) is 0 Å². The van der Waals surface area contributed by atoms with Gasteiger partial charge in [-0.2, -0.15) is 0 Å². The zero-order chi connectivity index (χ0) is 13.6. The Labute approximate surface area is 117 Å². The van der Waals surface area contributed by atoms with Crippen molar-refractivity contribution in [3.05, 3.63) is 59.9 Å². The summed E-state index contributed by atoms with van der Waals surface area (Å²) >= 11 is 0. The van der Waals surface area contributed by atoms with Crippen LogP contribution in [0.2, 0.25) is 0 Å². The molecule has 1 aliphatic carbocycles. The van der Waals surface area contributed by atoms with E-state index in [0.29, 0.717) is 18.0 Å². The maximum Gasteiger partial charge on any atom is 0.182 e. The molecule has 0 bridgehead atoms. The average molecular weight is 262 g/mol. The molecule has 2 heterocycles. The van der Waals surface area contributed by atoms with Crippen molar-refractivity contribution in [1.29, 1.82) is 0 Å². The van der Waals surface area contributed by atoms with Crippen LogP contribution < -0.4 is 0 Å². The highest BCUT2D eigenvalue weighted by Crippen LogP contribution is 2.60. The number of hydrogen-bond acceptors (Lipinski definition) is 3. The molecule has 2 aliphatic rings. The second kappa shape index (κ2) is 4.10. The van der Waals surface area contributed by atoms with E-state index in [1.54, 1.807) is 12.3 Å². The van der Waals surface area contributed by atoms with Crippen LogP contribution in [0.15, 0.2) is 53.7 Å². The second-order valence-corrected chi connectivity index (χ2v) is 5.58. The largest absolute Gasteiger partial charge is 0.292 e. The van der Waals surface area contributed by atoms with Crippen molar-refractivity contribution in [2.45, 2.75) is 18.3 Å². The summed E-state index contributed by atoms with van der Waals surface area (Å²) in [5.74, 6) is 0.531. The summed E-state index contributed by atoms with van der Waals surface area (Å²) in [6.07, 6.45) is 5.23. The lowest BCUT2D eigenvalue weighted by Crippen LogP contribution is -2.19. The topological polar surface area (TPSA) is 42.3 Å². The van der Waals surface area contributed by atoms with Gasteiger partial charge in [0.1, 0.15) is 5.69 Å². The van der Waals surface area contributed by atoms with Gasteiger partial charge in [-0.3, -0.25) is 14.8 Å². The summed E-state index contributed by atoms with van der Waals surface area (Å²) in [7, 11) is 0. The molecule has 2 aromatic rings. The average Bonchev–Trinajstić information content (AvgIpc) is 3.23. The normalized spacial score (nSPS) is 25.7. The summed E-state index contributed by atoms with van der Waals surface area (Å²) in [6, 6.07) is 13.6. The molecular formula is C17H14N2O. The number of pyridine rings is 1. The van der Waals surface area contributed by atoms with Crippen molar-refractivity contribution in [2.75, 3.05) is 0 Å². The molecule has 1 saturated carbocycles. The first-order valence-electron chi connectivity index (χ1n) is 6.87. The van der Waals surface area contributed by atoms with Gasteiger partial charge in [-0.25, -0.2) is 0 Å². The van der Waals surface area contributed by atoms with E-state index in [0.717, 1.165) is 12.1 Å². The maximum atomic E-state index is 12.4. The van der Waals surface area contributed by atoms with Gasteiger partial charge in [0.15, 0.2) is 5.78 Å². The monoisotopic (exact) mass is 262 g/mol. The lowest BCUT2D eigenvalue weighted by atomic mass is 9.85. The maximum absolute atomic E-state index is 12.4. The Morgan fingerprint density at radius 3 is 2.90 bits per heavy atom. The SMILES string of the molecule is O=C(CC12CC1C=Nc1ccccc12)c1ccccn1. The molecule has 0 saturated heterocycles. The Morgan fingerprint density at radius 2 is 2.05 bits per heavy atom. The van der Waals surface area contributed by atoms with E-state index in [1.165, 1.54) is 5.56 Å². The number of rotatable bonds is 3. The Bertz CT molecular complexity index is 708. The zero-order valence-electron chi connectivity index (χ0n) is 11.0. The van der Waals surface area contributed by atoms with Crippen LogP contribution in [0.25, 0.3) is 0 Å². The quantitative estimate of drug-likeness (QED) is 0.796. The summed E-state index contributed by atoms with van der Waals surface area (Å²) in [6.45, 7) is 0. The fourth-order valence-electron chi connectivity index (χ4n) is 3.22. The number of fused-ring (bicyclic) bond motifs is 3. The van der Waals surface area contributed by atoms with Crippen LogP contribution in [0, 0.1) is 5.92 Å². The van der Waals surface area contributed by atoms with E-state index >= 15 is 0 Å². The lowest BCUT2D eigenvalue weighted by molar-refractivity contribution is 0.0964. The van der Waals surface area contributed by atoms with E-state index in [2.05, 4.69) is 16.0 Å². The van der Waals surface area contributed by atoms with Crippen molar-refractivity contribution in [2.24, 2.45) is 10.9 Å². The highest BCUT2D eigenvalue weighted by molar-refractivity contribution is 5.97. The van der Waals surface area contributed by atoms with Crippen LogP contribution in [0.3, 0.4) is 0 Å². The number of carbonyl (C=O) groups is 1. The Kier molecular flexibility index (Phi) is 2.36. The molecule has 2 atom stereocenters. The van der Waals surface area contributed by atoms with Gasteiger partial charge in [-0.1, -0.05) is 24.3 Å². The lowest BCUT2D eigenvalue weighted by Gasteiger charge is -2.21. The fourth-order valence-corrected chi connectivity index (χ4v) is 3.22. The molecule has 0 amide bonds. The summed E-state index contributed by atoms with van der Waals surface area (Å²) in [5, 5.41) is 0. The molecule has 3 nitrogen and oxygen atoms in total. The molecule has 1 aliphatic heterocycles. The first-order valence-corrected chi connectivity index (χ1v) is 6.87. The smallest absolute Gasteiger partial charge is 0.182 e. The number of ketones is 1. The second-order valence-electron chi connectivity index (χ2n) is 5.58. The van der Waals surface area contributed by atoms with Crippen LogP contribution in [0.1, 0.15) is 28.9 Å². The molecular weight excluding hydrogens is 248 g/mol. The van der Waals surface area contributed by atoms with Crippen molar-refractivity contribution in [3.8, 4) is 0 Å².